The molecule has 0 fully saturated rings. The molecule has 1 unspecified atom stereocenters. The van der Waals surface area contributed by atoms with Crippen molar-refractivity contribution in [3.05, 3.63) is 118 Å². The number of hydrogen-bond acceptors (Lipinski definition) is 3. The standard InChI is InChI=1S/C31H25ClF7N5/c1-14(2)40-30-43(5)29-24(44(30)13-25(35)36)12-23(41-15(3)17-8-18(31(37,38)39)10-20(34)9-17)27-26(29)16(4)42-28(27)21-11-19(33)6-7-22(21)32/h6-12,25,28,41-42H,1,3-4,13H2,2,5H3. The molecule has 0 saturated carbocycles. The third-order valence-corrected chi connectivity index (χ3v) is 7.48. The number of anilines is 1. The fourth-order valence-corrected chi connectivity index (χ4v) is 5.62. The Morgan fingerprint density at radius 2 is 1.80 bits per heavy atom. The average Bonchev–Trinajstić information content (AvgIpc) is 3.38. The molecule has 230 valence electrons. The maximum atomic E-state index is 14.4. The lowest BCUT2D eigenvalue weighted by molar-refractivity contribution is -0.137. The van der Waals surface area contributed by atoms with Gasteiger partial charge < -0.3 is 19.8 Å². The summed E-state index contributed by atoms with van der Waals surface area (Å²) in [5, 5.41) is 6.34. The monoisotopic (exact) mass is 635 g/mol. The minimum absolute atomic E-state index is 0.124. The van der Waals surface area contributed by atoms with Gasteiger partial charge in [-0.15, -0.1) is 0 Å². The van der Waals surface area contributed by atoms with Gasteiger partial charge in [0, 0.05) is 57.1 Å². The molecule has 5 rings (SSSR count). The number of rotatable bonds is 7. The van der Waals surface area contributed by atoms with Crippen LogP contribution in [-0.2, 0) is 19.8 Å². The second-order valence-corrected chi connectivity index (χ2v) is 10.7. The second-order valence-electron chi connectivity index (χ2n) is 10.3. The highest BCUT2D eigenvalue weighted by Gasteiger charge is 2.35. The lowest BCUT2D eigenvalue weighted by Crippen LogP contribution is -2.26. The number of alkyl halides is 5. The third kappa shape index (κ3) is 5.61. The first kappa shape index (κ1) is 31.0. The summed E-state index contributed by atoms with van der Waals surface area (Å²) in [5.41, 5.74) is 1.35. The van der Waals surface area contributed by atoms with Crippen LogP contribution in [0, 0.1) is 11.6 Å². The number of fused-ring (bicyclic) bond motifs is 3. The van der Waals surface area contributed by atoms with E-state index in [1.54, 1.807) is 18.5 Å². The largest absolute Gasteiger partial charge is 0.416 e. The van der Waals surface area contributed by atoms with Crippen LogP contribution in [0.4, 0.5) is 36.4 Å². The predicted octanol–water partition coefficient (Wildman–Crippen LogP) is 8.38. The molecule has 2 N–H and O–H groups in total. The molecule has 0 radical (unpaired) electrons. The van der Waals surface area contributed by atoms with Gasteiger partial charge in [-0.1, -0.05) is 31.3 Å². The fourth-order valence-electron chi connectivity index (χ4n) is 5.39. The number of allylic oxidation sites excluding steroid dienone is 1. The normalized spacial score (nSPS) is 15.2. The number of aryl methyl sites for hydroxylation is 1. The first-order valence-corrected chi connectivity index (χ1v) is 13.4. The summed E-state index contributed by atoms with van der Waals surface area (Å²) >= 11 is 6.48. The molecule has 1 aliphatic heterocycles. The zero-order chi connectivity index (χ0) is 32.2. The van der Waals surface area contributed by atoms with Crippen molar-refractivity contribution in [2.75, 3.05) is 5.32 Å². The van der Waals surface area contributed by atoms with E-state index < -0.39 is 42.4 Å². The van der Waals surface area contributed by atoms with E-state index in [1.165, 1.54) is 28.8 Å². The molecule has 4 aromatic rings. The minimum Gasteiger partial charge on any atom is -0.374 e. The zero-order valence-corrected chi connectivity index (χ0v) is 24.1. The van der Waals surface area contributed by atoms with Gasteiger partial charge in [-0.05, 0) is 49.4 Å². The minimum atomic E-state index is -4.83. The van der Waals surface area contributed by atoms with Crippen LogP contribution >= 0.6 is 11.6 Å². The van der Waals surface area contributed by atoms with Crippen LogP contribution in [0.5, 0.6) is 0 Å². The van der Waals surface area contributed by atoms with Gasteiger partial charge in [0.05, 0.1) is 29.2 Å². The van der Waals surface area contributed by atoms with Crippen LogP contribution in [0.25, 0.3) is 22.4 Å². The summed E-state index contributed by atoms with van der Waals surface area (Å²) in [6.07, 6.45) is -7.61. The molecule has 2 heterocycles. The van der Waals surface area contributed by atoms with Crippen LogP contribution in [0.2, 0.25) is 5.02 Å². The van der Waals surface area contributed by atoms with Gasteiger partial charge in [0.1, 0.15) is 11.6 Å². The topological polar surface area (TPSA) is 46.3 Å². The van der Waals surface area contributed by atoms with Gasteiger partial charge >= 0.3 is 6.18 Å². The Kier molecular flexibility index (Phi) is 7.91. The van der Waals surface area contributed by atoms with Crippen LogP contribution in [0.1, 0.15) is 40.8 Å². The molecule has 0 aliphatic carbocycles. The summed E-state index contributed by atoms with van der Waals surface area (Å²) < 4.78 is 99.7. The number of hydrogen-bond donors (Lipinski definition) is 2. The highest BCUT2D eigenvalue weighted by molar-refractivity contribution is 6.31. The van der Waals surface area contributed by atoms with E-state index in [0.29, 0.717) is 39.7 Å². The van der Waals surface area contributed by atoms with E-state index in [-0.39, 0.29) is 33.1 Å². The van der Waals surface area contributed by atoms with E-state index in [1.807, 2.05) is 0 Å². The van der Waals surface area contributed by atoms with E-state index in [9.17, 15) is 30.7 Å². The second kappa shape index (κ2) is 11.2. The Morgan fingerprint density at radius 1 is 1.09 bits per heavy atom. The maximum Gasteiger partial charge on any atom is 0.416 e. The molecule has 13 heteroatoms. The Labute approximate surface area is 252 Å². The number of imidazole rings is 1. The van der Waals surface area contributed by atoms with E-state index >= 15 is 0 Å². The van der Waals surface area contributed by atoms with Crippen LogP contribution in [0.3, 0.4) is 0 Å². The van der Waals surface area contributed by atoms with Gasteiger partial charge in [-0.2, -0.15) is 13.2 Å². The van der Waals surface area contributed by atoms with Crippen molar-refractivity contribution in [1.82, 2.24) is 14.5 Å². The average molecular weight is 636 g/mol. The molecule has 0 saturated heterocycles. The third-order valence-electron chi connectivity index (χ3n) is 7.14. The smallest absolute Gasteiger partial charge is 0.374 e. The molecule has 0 spiro atoms. The number of nitrogens with zero attached hydrogens (tertiary/aromatic N) is 3. The van der Waals surface area contributed by atoms with E-state index in [0.717, 1.165) is 12.1 Å². The molecule has 44 heavy (non-hydrogen) atoms. The molecular weight excluding hydrogens is 611 g/mol. The lowest BCUT2D eigenvalue weighted by atomic mass is 9.94. The van der Waals surface area contributed by atoms with Crippen LogP contribution < -0.4 is 16.3 Å². The van der Waals surface area contributed by atoms with Crippen molar-refractivity contribution < 1.29 is 30.7 Å². The van der Waals surface area contributed by atoms with Crippen molar-refractivity contribution in [2.24, 2.45) is 12.0 Å². The van der Waals surface area contributed by atoms with Gasteiger partial charge in [0.2, 0.25) is 5.62 Å². The highest BCUT2D eigenvalue weighted by atomic mass is 35.5. The Morgan fingerprint density at radius 3 is 2.43 bits per heavy atom. The van der Waals surface area contributed by atoms with Crippen LogP contribution in [-0.4, -0.2) is 15.6 Å². The zero-order valence-electron chi connectivity index (χ0n) is 23.4. The fraction of sp³-hybridized carbons (Fsp3) is 0.194. The van der Waals surface area contributed by atoms with E-state index in [4.69, 9.17) is 11.6 Å². The van der Waals surface area contributed by atoms with Crippen molar-refractivity contribution in [2.45, 2.75) is 32.1 Å². The Balaban J connectivity index is 1.82. The first-order chi connectivity index (χ1) is 20.6. The van der Waals surface area contributed by atoms with Gasteiger partial charge in [0.15, 0.2) is 0 Å². The summed E-state index contributed by atoms with van der Waals surface area (Å²) in [6, 6.07) is 6.41. The first-order valence-electron chi connectivity index (χ1n) is 13.1. The van der Waals surface area contributed by atoms with Crippen molar-refractivity contribution >= 4 is 39.7 Å². The van der Waals surface area contributed by atoms with Crippen molar-refractivity contribution in [3.63, 3.8) is 0 Å². The number of benzene rings is 3. The molecule has 5 nitrogen and oxygen atoms in total. The molecule has 1 aromatic heterocycles. The summed E-state index contributed by atoms with van der Waals surface area (Å²) in [5.74, 6) is -1.72. The van der Waals surface area contributed by atoms with Crippen LogP contribution in [0.15, 0.2) is 72.9 Å². The van der Waals surface area contributed by atoms with E-state index in [2.05, 4.69) is 35.4 Å². The Hall–Kier alpha value is -4.45. The van der Waals surface area contributed by atoms with Gasteiger partial charge in [0.25, 0.3) is 6.43 Å². The van der Waals surface area contributed by atoms with Gasteiger partial charge in [-0.3, -0.25) is 0 Å². The number of nitrogens with one attached hydrogen (secondary N) is 2. The molecule has 0 amide bonds. The number of aromatic nitrogens is 2. The molecular formula is C31H25ClF7N5. The SMILES string of the molecule is C=C(C)N=c1n(C)c2c3c(c(NC(=C)c4cc(F)cc(C(F)(F)F)c4)cc2n1CC(F)F)C(c1cc(F)ccc1Cl)NC3=C. The summed E-state index contributed by atoms with van der Waals surface area (Å²) in [4.78, 5) is 4.37. The number of halogens is 8. The lowest BCUT2D eigenvalue weighted by Gasteiger charge is -2.21. The summed E-state index contributed by atoms with van der Waals surface area (Å²) in [6.45, 7) is 12.6. The Bertz CT molecular complexity index is 1930. The molecule has 3 aromatic carbocycles. The highest BCUT2D eigenvalue weighted by Crippen LogP contribution is 2.46. The molecule has 1 atom stereocenters. The quantitative estimate of drug-likeness (QED) is 0.201. The molecule has 0 bridgehead atoms. The summed E-state index contributed by atoms with van der Waals surface area (Å²) in [7, 11) is 1.62. The van der Waals surface area contributed by atoms with Crippen molar-refractivity contribution in [3.8, 4) is 0 Å². The van der Waals surface area contributed by atoms with Gasteiger partial charge in [-0.25, -0.2) is 22.6 Å². The maximum absolute atomic E-state index is 14.4. The molecule has 1 aliphatic rings. The predicted molar refractivity (Wildman–Crippen MR) is 157 cm³/mol. The van der Waals surface area contributed by atoms with Crippen molar-refractivity contribution in [1.29, 1.82) is 0 Å².